The smallest absolute Gasteiger partial charge is 0.271 e. The first-order valence-corrected chi connectivity index (χ1v) is 7.03. The lowest BCUT2D eigenvalue weighted by molar-refractivity contribution is -0.111. The third kappa shape index (κ3) is 3.82. The zero-order valence-corrected chi connectivity index (χ0v) is 12.3. The number of nitrogens with zero attached hydrogens (tertiary/aromatic N) is 1. The molecule has 2 amide bonds. The molecule has 114 valence electrons. The van der Waals surface area contributed by atoms with E-state index in [0.717, 1.165) is 12.0 Å². The summed E-state index contributed by atoms with van der Waals surface area (Å²) in [7, 11) is 0. The van der Waals surface area contributed by atoms with E-state index in [-0.39, 0.29) is 11.6 Å². The number of aryl methyl sites for hydroxylation is 1. The van der Waals surface area contributed by atoms with Gasteiger partial charge >= 0.3 is 0 Å². The molecular weight excluding hydrogens is 280 g/mol. The molecule has 0 radical (unpaired) electrons. The molecule has 6 heteroatoms. The second-order valence-electron chi connectivity index (χ2n) is 4.77. The SMILES string of the molecule is CCCc1[nH]nc(C(N)=O)c1NC(=O)/C=C/c1ccccc1. The van der Waals surface area contributed by atoms with Gasteiger partial charge in [-0.3, -0.25) is 14.7 Å². The van der Waals surface area contributed by atoms with Crippen LogP contribution in [0.2, 0.25) is 0 Å². The molecule has 0 atom stereocenters. The van der Waals surface area contributed by atoms with E-state index in [1.165, 1.54) is 6.08 Å². The maximum absolute atomic E-state index is 12.0. The number of primary amides is 1. The van der Waals surface area contributed by atoms with Crippen LogP contribution in [0.4, 0.5) is 5.69 Å². The number of aromatic amines is 1. The van der Waals surface area contributed by atoms with Crippen molar-refractivity contribution in [1.29, 1.82) is 0 Å². The first-order valence-electron chi connectivity index (χ1n) is 7.03. The van der Waals surface area contributed by atoms with Gasteiger partial charge < -0.3 is 11.1 Å². The minimum absolute atomic E-state index is 0.0462. The van der Waals surface area contributed by atoms with Crippen molar-refractivity contribution in [3.8, 4) is 0 Å². The molecule has 0 saturated carbocycles. The molecule has 1 aromatic carbocycles. The largest absolute Gasteiger partial charge is 0.364 e. The number of carbonyl (C=O) groups is 2. The van der Waals surface area contributed by atoms with Gasteiger partial charge in [0.25, 0.3) is 5.91 Å². The number of hydrogen-bond acceptors (Lipinski definition) is 3. The van der Waals surface area contributed by atoms with Crippen molar-refractivity contribution in [3.63, 3.8) is 0 Å². The molecule has 0 aliphatic rings. The molecule has 22 heavy (non-hydrogen) atoms. The summed E-state index contributed by atoms with van der Waals surface area (Å²) in [5.74, 6) is -1.02. The molecule has 6 nitrogen and oxygen atoms in total. The molecule has 0 bridgehead atoms. The standard InChI is InChI=1S/C16H18N4O2/c1-2-6-12-14(15(16(17)22)20-19-12)18-13(21)10-9-11-7-4-3-5-8-11/h3-5,7-10H,2,6H2,1H3,(H2,17,22)(H,18,21)(H,19,20)/b10-9+. The van der Waals surface area contributed by atoms with Crippen LogP contribution in [-0.2, 0) is 11.2 Å². The molecular formula is C16H18N4O2. The second kappa shape index (κ2) is 7.21. The van der Waals surface area contributed by atoms with Crippen molar-refractivity contribution in [2.75, 3.05) is 5.32 Å². The molecule has 2 aromatic rings. The van der Waals surface area contributed by atoms with Crippen molar-refractivity contribution in [3.05, 3.63) is 53.4 Å². The fourth-order valence-corrected chi connectivity index (χ4v) is 2.02. The number of rotatable bonds is 6. The van der Waals surface area contributed by atoms with Gasteiger partial charge in [0, 0.05) is 6.08 Å². The van der Waals surface area contributed by atoms with E-state index in [0.29, 0.717) is 17.8 Å². The van der Waals surface area contributed by atoms with Crippen LogP contribution in [-0.4, -0.2) is 22.0 Å². The number of nitrogens with one attached hydrogen (secondary N) is 2. The molecule has 1 aromatic heterocycles. The van der Waals surface area contributed by atoms with Crippen LogP contribution in [0.5, 0.6) is 0 Å². The van der Waals surface area contributed by atoms with Gasteiger partial charge in [-0.2, -0.15) is 5.10 Å². The predicted molar refractivity (Wildman–Crippen MR) is 85.2 cm³/mol. The lowest BCUT2D eigenvalue weighted by Gasteiger charge is -2.04. The van der Waals surface area contributed by atoms with Gasteiger partial charge in [-0.25, -0.2) is 0 Å². The van der Waals surface area contributed by atoms with Crippen molar-refractivity contribution >= 4 is 23.6 Å². The summed E-state index contributed by atoms with van der Waals surface area (Å²) in [5.41, 5.74) is 7.28. The van der Waals surface area contributed by atoms with Crippen LogP contribution in [0, 0.1) is 0 Å². The lowest BCUT2D eigenvalue weighted by atomic mass is 10.2. The molecule has 0 saturated heterocycles. The van der Waals surface area contributed by atoms with Crippen molar-refractivity contribution in [2.45, 2.75) is 19.8 Å². The Balaban J connectivity index is 2.15. The summed E-state index contributed by atoms with van der Waals surface area (Å²) in [6, 6.07) is 9.45. The summed E-state index contributed by atoms with van der Waals surface area (Å²) >= 11 is 0. The summed E-state index contributed by atoms with van der Waals surface area (Å²) in [4.78, 5) is 23.4. The molecule has 0 unspecified atom stereocenters. The van der Waals surface area contributed by atoms with Gasteiger partial charge in [-0.05, 0) is 18.1 Å². The van der Waals surface area contributed by atoms with E-state index < -0.39 is 5.91 Å². The molecule has 0 fully saturated rings. The van der Waals surface area contributed by atoms with Crippen LogP contribution in [0.15, 0.2) is 36.4 Å². The fourth-order valence-electron chi connectivity index (χ4n) is 2.02. The molecule has 1 heterocycles. The number of anilines is 1. The van der Waals surface area contributed by atoms with Gasteiger partial charge in [0.2, 0.25) is 5.91 Å². The first-order chi connectivity index (χ1) is 10.6. The maximum atomic E-state index is 12.0. The number of carbonyl (C=O) groups excluding carboxylic acids is 2. The fraction of sp³-hybridized carbons (Fsp3) is 0.188. The second-order valence-corrected chi connectivity index (χ2v) is 4.77. The van der Waals surface area contributed by atoms with Crippen LogP contribution in [0.3, 0.4) is 0 Å². The Kier molecular flexibility index (Phi) is 5.08. The van der Waals surface area contributed by atoms with Crippen LogP contribution >= 0.6 is 0 Å². The Bertz CT molecular complexity index is 689. The Hall–Kier alpha value is -2.89. The van der Waals surface area contributed by atoms with Crippen molar-refractivity contribution in [2.24, 2.45) is 5.73 Å². The highest BCUT2D eigenvalue weighted by Crippen LogP contribution is 2.19. The number of hydrogen-bond donors (Lipinski definition) is 3. The number of benzene rings is 1. The normalized spacial score (nSPS) is 10.8. The first kappa shape index (κ1) is 15.5. The third-order valence-electron chi connectivity index (χ3n) is 3.05. The van der Waals surface area contributed by atoms with Crippen molar-refractivity contribution in [1.82, 2.24) is 10.2 Å². The Labute approximate surface area is 128 Å². The zero-order valence-electron chi connectivity index (χ0n) is 12.3. The predicted octanol–water partition coefficient (Wildman–Crippen LogP) is 2.11. The van der Waals surface area contributed by atoms with Gasteiger partial charge in [0.15, 0.2) is 5.69 Å². The Morgan fingerprint density at radius 2 is 2.05 bits per heavy atom. The Morgan fingerprint density at radius 1 is 1.32 bits per heavy atom. The van der Waals surface area contributed by atoms with Crippen molar-refractivity contribution < 1.29 is 9.59 Å². The minimum Gasteiger partial charge on any atom is -0.364 e. The highest BCUT2D eigenvalue weighted by molar-refractivity contribution is 6.07. The van der Waals surface area contributed by atoms with Crippen LogP contribution in [0.25, 0.3) is 6.08 Å². The average Bonchev–Trinajstić information content (AvgIpc) is 2.90. The summed E-state index contributed by atoms with van der Waals surface area (Å²) < 4.78 is 0. The highest BCUT2D eigenvalue weighted by atomic mass is 16.2. The summed E-state index contributed by atoms with van der Waals surface area (Å²) in [6.07, 6.45) is 4.61. The van der Waals surface area contributed by atoms with Crippen LogP contribution in [0.1, 0.15) is 35.1 Å². The summed E-state index contributed by atoms with van der Waals surface area (Å²) in [6.45, 7) is 1.99. The minimum atomic E-state index is -0.680. The van der Waals surface area contributed by atoms with Gasteiger partial charge in [-0.1, -0.05) is 43.7 Å². The molecule has 4 N–H and O–H groups in total. The van der Waals surface area contributed by atoms with Crippen LogP contribution < -0.4 is 11.1 Å². The van der Waals surface area contributed by atoms with E-state index in [9.17, 15) is 9.59 Å². The van der Waals surface area contributed by atoms with E-state index in [1.54, 1.807) is 6.08 Å². The zero-order chi connectivity index (χ0) is 15.9. The number of aromatic nitrogens is 2. The molecule has 2 rings (SSSR count). The summed E-state index contributed by atoms with van der Waals surface area (Å²) in [5, 5.41) is 9.29. The van der Waals surface area contributed by atoms with E-state index >= 15 is 0 Å². The number of H-pyrrole nitrogens is 1. The topological polar surface area (TPSA) is 101 Å². The Morgan fingerprint density at radius 3 is 2.68 bits per heavy atom. The highest BCUT2D eigenvalue weighted by Gasteiger charge is 2.18. The monoisotopic (exact) mass is 298 g/mol. The average molecular weight is 298 g/mol. The molecule has 0 spiro atoms. The van der Waals surface area contributed by atoms with Gasteiger partial charge in [-0.15, -0.1) is 0 Å². The van der Waals surface area contributed by atoms with E-state index in [1.807, 2.05) is 37.3 Å². The van der Waals surface area contributed by atoms with E-state index in [4.69, 9.17) is 5.73 Å². The molecule has 0 aliphatic carbocycles. The maximum Gasteiger partial charge on any atom is 0.271 e. The van der Waals surface area contributed by atoms with Gasteiger partial charge in [0.1, 0.15) is 0 Å². The number of amides is 2. The van der Waals surface area contributed by atoms with Gasteiger partial charge in [0.05, 0.1) is 11.4 Å². The molecule has 0 aliphatic heterocycles. The van der Waals surface area contributed by atoms with E-state index in [2.05, 4.69) is 15.5 Å². The third-order valence-corrected chi connectivity index (χ3v) is 3.05. The quantitative estimate of drug-likeness (QED) is 0.712. The number of nitrogens with two attached hydrogens (primary N) is 1. The lowest BCUT2D eigenvalue weighted by Crippen LogP contribution is -2.17.